The van der Waals surface area contributed by atoms with Gasteiger partial charge in [0.25, 0.3) is 0 Å². The molecule has 0 aliphatic carbocycles. The van der Waals surface area contributed by atoms with Gasteiger partial charge in [0, 0.05) is 11.1 Å². The van der Waals surface area contributed by atoms with E-state index in [0.717, 1.165) is 0 Å². The summed E-state index contributed by atoms with van der Waals surface area (Å²) in [5, 5.41) is 9.00. The summed E-state index contributed by atoms with van der Waals surface area (Å²) < 4.78 is 0. The number of benzene rings is 1. The van der Waals surface area contributed by atoms with E-state index in [2.05, 4.69) is 5.92 Å². The summed E-state index contributed by atoms with van der Waals surface area (Å²) in [6, 6.07) is 4.31. The molecule has 0 spiro atoms. The second-order valence-electron chi connectivity index (χ2n) is 2.08. The number of aldehydes is 1. The summed E-state index contributed by atoms with van der Waals surface area (Å²) in [5.74, 6) is 2.34. The van der Waals surface area contributed by atoms with Crippen LogP contribution < -0.4 is 0 Å². The van der Waals surface area contributed by atoms with Gasteiger partial charge in [-0.1, -0.05) is 5.92 Å². The average molecular weight is 146 g/mol. The van der Waals surface area contributed by atoms with E-state index in [9.17, 15) is 4.79 Å². The molecular formula is C9H6O2. The molecule has 0 aromatic heterocycles. The lowest BCUT2D eigenvalue weighted by Gasteiger charge is -1.94. The van der Waals surface area contributed by atoms with E-state index >= 15 is 0 Å². The Morgan fingerprint density at radius 3 is 2.73 bits per heavy atom. The number of aromatic hydroxyl groups is 1. The van der Waals surface area contributed by atoms with Crippen molar-refractivity contribution in [3.05, 3.63) is 29.3 Å². The summed E-state index contributed by atoms with van der Waals surface area (Å²) in [4.78, 5) is 10.2. The van der Waals surface area contributed by atoms with Crippen molar-refractivity contribution >= 4 is 6.29 Å². The molecule has 1 aromatic rings. The third kappa shape index (κ3) is 1.59. The lowest BCUT2D eigenvalue weighted by Crippen LogP contribution is -1.81. The highest BCUT2D eigenvalue weighted by Gasteiger charge is 1.95. The normalized spacial score (nSPS) is 8.64. The van der Waals surface area contributed by atoms with Crippen molar-refractivity contribution in [2.45, 2.75) is 0 Å². The third-order valence-electron chi connectivity index (χ3n) is 1.24. The Hall–Kier alpha value is -1.75. The molecule has 0 saturated carbocycles. The first-order chi connectivity index (χ1) is 5.26. The number of rotatable bonds is 1. The summed E-state index contributed by atoms with van der Waals surface area (Å²) in [6.45, 7) is 0. The first-order valence-electron chi connectivity index (χ1n) is 3.02. The van der Waals surface area contributed by atoms with Gasteiger partial charge >= 0.3 is 0 Å². The maximum atomic E-state index is 10.2. The van der Waals surface area contributed by atoms with Crippen molar-refractivity contribution < 1.29 is 9.90 Å². The molecule has 2 nitrogen and oxygen atoms in total. The standard InChI is InChI=1S/C9H6O2/c1-2-7-3-8(6-10)5-9(11)4-7/h1,3-6,11H. The SMILES string of the molecule is C#Cc1cc(O)cc(C=O)c1. The molecule has 1 N–H and O–H groups in total. The molecule has 2 heteroatoms. The highest BCUT2D eigenvalue weighted by molar-refractivity contribution is 5.76. The molecule has 0 amide bonds. The Morgan fingerprint density at radius 2 is 2.18 bits per heavy atom. The maximum Gasteiger partial charge on any atom is 0.150 e. The van der Waals surface area contributed by atoms with Crippen LogP contribution in [0.25, 0.3) is 0 Å². The van der Waals surface area contributed by atoms with Gasteiger partial charge in [-0.2, -0.15) is 0 Å². The summed E-state index contributed by atoms with van der Waals surface area (Å²) in [7, 11) is 0. The number of hydrogen-bond acceptors (Lipinski definition) is 2. The second kappa shape index (κ2) is 2.89. The fourth-order valence-electron chi connectivity index (χ4n) is 0.786. The van der Waals surface area contributed by atoms with Gasteiger partial charge in [-0.3, -0.25) is 4.79 Å². The average Bonchev–Trinajstić information content (AvgIpc) is 2.03. The van der Waals surface area contributed by atoms with E-state index in [4.69, 9.17) is 11.5 Å². The van der Waals surface area contributed by atoms with Crippen LogP contribution in [0.3, 0.4) is 0 Å². The molecule has 0 aliphatic heterocycles. The molecule has 1 aromatic carbocycles. The molecule has 1 rings (SSSR count). The van der Waals surface area contributed by atoms with Gasteiger partial charge in [0.05, 0.1) is 0 Å². The quantitative estimate of drug-likeness (QED) is 0.477. The minimum Gasteiger partial charge on any atom is -0.508 e. The van der Waals surface area contributed by atoms with Crippen LogP contribution in [0.2, 0.25) is 0 Å². The first-order valence-corrected chi connectivity index (χ1v) is 3.02. The molecule has 54 valence electrons. The Bertz CT molecular complexity index is 321. The fraction of sp³-hybridized carbons (Fsp3) is 0. The van der Waals surface area contributed by atoms with Gasteiger partial charge in [-0.15, -0.1) is 6.42 Å². The van der Waals surface area contributed by atoms with Crippen LogP contribution in [-0.4, -0.2) is 11.4 Å². The van der Waals surface area contributed by atoms with Gasteiger partial charge in [0.1, 0.15) is 12.0 Å². The van der Waals surface area contributed by atoms with Gasteiger partial charge in [0.15, 0.2) is 0 Å². The second-order valence-corrected chi connectivity index (χ2v) is 2.08. The molecule has 0 heterocycles. The highest BCUT2D eigenvalue weighted by atomic mass is 16.3. The topological polar surface area (TPSA) is 37.3 Å². The number of phenolic OH excluding ortho intramolecular Hbond substituents is 1. The Kier molecular flexibility index (Phi) is 1.93. The number of carbonyl (C=O) groups is 1. The van der Waals surface area contributed by atoms with Gasteiger partial charge in [-0.25, -0.2) is 0 Å². The molecule has 0 saturated heterocycles. The Balaban J connectivity index is 3.25. The smallest absolute Gasteiger partial charge is 0.150 e. The summed E-state index contributed by atoms with van der Waals surface area (Å²) in [6.07, 6.45) is 5.70. The van der Waals surface area contributed by atoms with Crippen molar-refractivity contribution in [3.63, 3.8) is 0 Å². The number of carbonyl (C=O) groups excluding carboxylic acids is 1. The zero-order chi connectivity index (χ0) is 8.27. The number of phenols is 1. The number of hydrogen-bond donors (Lipinski definition) is 1. The predicted molar refractivity (Wildman–Crippen MR) is 41.4 cm³/mol. The molecule has 0 radical (unpaired) electrons. The largest absolute Gasteiger partial charge is 0.508 e. The van der Waals surface area contributed by atoms with Crippen LogP contribution in [0.15, 0.2) is 18.2 Å². The first kappa shape index (κ1) is 7.36. The lowest BCUT2D eigenvalue weighted by molar-refractivity contribution is 0.112. The molecular weight excluding hydrogens is 140 g/mol. The van der Waals surface area contributed by atoms with Crippen molar-refractivity contribution in [3.8, 4) is 18.1 Å². The number of terminal acetylenes is 1. The van der Waals surface area contributed by atoms with Gasteiger partial charge in [-0.05, 0) is 18.2 Å². The predicted octanol–water partition coefficient (Wildman–Crippen LogP) is 1.19. The minimum atomic E-state index is 0.0163. The van der Waals surface area contributed by atoms with E-state index in [-0.39, 0.29) is 5.75 Å². The van der Waals surface area contributed by atoms with Crippen molar-refractivity contribution in [1.29, 1.82) is 0 Å². The Labute approximate surface area is 64.5 Å². The van der Waals surface area contributed by atoms with Crippen LogP contribution in [0, 0.1) is 12.3 Å². The van der Waals surface area contributed by atoms with Crippen LogP contribution in [0.1, 0.15) is 15.9 Å². The molecule has 0 unspecified atom stereocenters. The van der Waals surface area contributed by atoms with Crippen LogP contribution >= 0.6 is 0 Å². The maximum absolute atomic E-state index is 10.2. The van der Waals surface area contributed by atoms with Crippen molar-refractivity contribution in [2.75, 3.05) is 0 Å². The van der Waals surface area contributed by atoms with Crippen LogP contribution in [-0.2, 0) is 0 Å². The summed E-state index contributed by atoms with van der Waals surface area (Å²) >= 11 is 0. The third-order valence-corrected chi connectivity index (χ3v) is 1.24. The molecule has 0 atom stereocenters. The monoisotopic (exact) mass is 146 g/mol. The highest BCUT2D eigenvalue weighted by Crippen LogP contribution is 2.13. The molecule has 0 bridgehead atoms. The Morgan fingerprint density at radius 1 is 1.45 bits per heavy atom. The fourth-order valence-corrected chi connectivity index (χ4v) is 0.786. The zero-order valence-electron chi connectivity index (χ0n) is 5.74. The van der Waals surface area contributed by atoms with Gasteiger partial charge in [0.2, 0.25) is 0 Å². The van der Waals surface area contributed by atoms with Crippen LogP contribution in [0.5, 0.6) is 5.75 Å². The van der Waals surface area contributed by atoms with E-state index in [0.29, 0.717) is 17.4 Å². The molecule has 0 fully saturated rings. The van der Waals surface area contributed by atoms with E-state index in [1.807, 2.05) is 0 Å². The van der Waals surface area contributed by atoms with Gasteiger partial charge < -0.3 is 5.11 Å². The lowest BCUT2D eigenvalue weighted by atomic mass is 10.1. The van der Waals surface area contributed by atoms with E-state index < -0.39 is 0 Å². The molecule has 0 aliphatic rings. The van der Waals surface area contributed by atoms with Crippen LogP contribution in [0.4, 0.5) is 0 Å². The zero-order valence-corrected chi connectivity index (χ0v) is 5.74. The molecule has 11 heavy (non-hydrogen) atoms. The minimum absolute atomic E-state index is 0.0163. The van der Waals surface area contributed by atoms with Crippen molar-refractivity contribution in [2.24, 2.45) is 0 Å². The van der Waals surface area contributed by atoms with E-state index in [1.165, 1.54) is 18.2 Å². The van der Waals surface area contributed by atoms with Crippen molar-refractivity contribution in [1.82, 2.24) is 0 Å². The van der Waals surface area contributed by atoms with E-state index in [1.54, 1.807) is 0 Å². The summed E-state index contributed by atoms with van der Waals surface area (Å²) in [5.41, 5.74) is 0.894.